The van der Waals surface area contributed by atoms with Gasteiger partial charge in [-0.2, -0.15) is 0 Å². The molecule has 1 aliphatic heterocycles. The molecule has 1 aliphatic rings. The van der Waals surface area contributed by atoms with Gasteiger partial charge in [-0.1, -0.05) is 81.4 Å². The van der Waals surface area contributed by atoms with E-state index in [9.17, 15) is 5.11 Å². The summed E-state index contributed by atoms with van der Waals surface area (Å²) in [6.07, 6.45) is 1.35. The van der Waals surface area contributed by atoms with E-state index < -0.39 is 8.32 Å². The summed E-state index contributed by atoms with van der Waals surface area (Å²) in [6.45, 7) is 7.83. The lowest BCUT2D eigenvalue weighted by Gasteiger charge is -2.44. The number of rotatable bonds is 5. The molecule has 1 fully saturated rings. The molecular weight excluding hydrogens is 340 g/mol. The van der Waals surface area contributed by atoms with Gasteiger partial charge in [-0.3, -0.25) is 0 Å². The van der Waals surface area contributed by atoms with Crippen LogP contribution >= 0.6 is 0 Å². The maximum absolute atomic E-state index is 9.68. The molecule has 2 aromatic carbocycles. The predicted molar refractivity (Wildman–Crippen MR) is 109 cm³/mol. The fourth-order valence-electron chi connectivity index (χ4n) is 3.90. The number of ether oxygens (including phenoxy) is 1. The van der Waals surface area contributed by atoms with Gasteiger partial charge in [-0.05, 0) is 28.3 Å². The highest BCUT2D eigenvalue weighted by atomic mass is 28.4. The van der Waals surface area contributed by atoms with Crippen molar-refractivity contribution in [3.05, 3.63) is 60.7 Å². The highest BCUT2D eigenvalue weighted by Gasteiger charge is 2.50. The summed E-state index contributed by atoms with van der Waals surface area (Å²) in [6, 6.07) is 21.3. The number of hydrogen-bond donors (Lipinski definition) is 1. The molecule has 0 amide bonds. The van der Waals surface area contributed by atoms with E-state index in [1.165, 1.54) is 10.4 Å². The Kier molecular flexibility index (Phi) is 5.98. The average Bonchev–Trinajstić information content (AvgIpc) is 2.64. The molecular formula is C22H30O3Si. The van der Waals surface area contributed by atoms with Gasteiger partial charge in [-0.15, -0.1) is 0 Å². The SMILES string of the molecule is CC(C)(C)[Si](OC[C@H]1CC[C@H](O)CO1)(c1ccccc1)c1ccccc1. The lowest BCUT2D eigenvalue weighted by atomic mass is 10.1. The standard InChI is InChI=1S/C22H30O3Si/c1-22(2,3)26(20-10-6-4-7-11-20,21-12-8-5-9-13-21)25-17-19-15-14-18(23)16-24-19/h4-13,18-19,23H,14-17H2,1-3H3/t18-,19+/m0/s1. The van der Waals surface area contributed by atoms with Crippen LogP contribution in [0.3, 0.4) is 0 Å². The summed E-state index contributed by atoms with van der Waals surface area (Å²) in [4.78, 5) is 0. The van der Waals surface area contributed by atoms with Crippen LogP contribution in [0.15, 0.2) is 60.7 Å². The number of aliphatic hydroxyl groups excluding tert-OH is 1. The van der Waals surface area contributed by atoms with E-state index in [0.717, 1.165) is 12.8 Å². The molecule has 0 aromatic heterocycles. The quantitative estimate of drug-likeness (QED) is 0.822. The summed E-state index contributed by atoms with van der Waals surface area (Å²) in [5.41, 5.74) is 0. The van der Waals surface area contributed by atoms with E-state index in [0.29, 0.717) is 13.2 Å². The summed E-state index contributed by atoms with van der Waals surface area (Å²) in [7, 11) is -2.49. The number of aliphatic hydroxyl groups is 1. The second-order valence-corrected chi connectivity index (χ2v) is 12.5. The fraction of sp³-hybridized carbons (Fsp3) is 0.455. The molecule has 0 saturated carbocycles. The highest BCUT2D eigenvalue weighted by Crippen LogP contribution is 2.37. The van der Waals surface area contributed by atoms with Crippen LogP contribution in [-0.4, -0.2) is 38.8 Å². The Balaban J connectivity index is 1.97. The maximum Gasteiger partial charge on any atom is 0.261 e. The van der Waals surface area contributed by atoms with Crippen molar-refractivity contribution < 1.29 is 14.3 Å². The maximum atomic E-state index is 9.68. The molecule has 1 heterocycles. The molecule has 0 radical (unpaired) electrons. The molecule has 0 unspecified atom stereocenters. The van der Waals surface area contributed by atoms with Crippen LogP contribution in [0.1, 0.15) is 33.6 Å². The minimum absolute atomic E-state index is 0.0239. The monoisotopic (exact) mass is 370 g/mol. The minimum Gasteiger partial charge on any atom is -0.405 e. The summed E-state index contributed by atoms with van der Waals surface area (Å²) < 4.78 is 12.7. The normalized spacial score (nSPS) is 21.5. The molecule has 2 atom stereocenters. The first-order valence-electron chi connectivity index (χ1n) is 9.48. The predicted octanol–water partition coefficient (Wildman–Crippen LogP) is 3.10. The topological polar surface area (TPSA) is 38.7 Å². The van der Waals surface area contributed by atoms with Gasteiger partial charge in [0.05, 0.1) is 25.4 Å². The Morgan fingerprint density at radius 3 is 1.92 bits per heavy atom. The van der Waals surface area contributed by atoms with Gasteiger partial charge < -0.3 is 14.3 Å². The zero-order valence-electron chi connectivity index (χ0n) is 16.0. The van der Waals surface area contributed by atoms with Crippen LogP contribution in [-0.2, 0) is 9.16 Å². The second-order valence-electron chi connectivity index (χ2n) is 8.16. The smallest absolute Gasteiger partial charge is 0.261 e. The molecule has 1 saturated heterocycles. The molecule has 0 aliphatic carbocycles. The van der Waals surface area contributed by atoms with E-state index in [-0.39, 0.29) is 17.2 Å². The zero-order chi connectivity index (χ0) is 18.6. The van der Waals surface area contributed by atoms with Gasteiger partial charge >= 0.3 is 0 Å². The van der Waals surface area contributed by atoms with Crippen molar-refractivity contribution in [2.75, 3.05) is 13.2 Å². The Labute approximate surface area is 158 Å². The van der Waals surface area contributed by atoms with Crippen LogP contribution < -0.4 is 10.4 Å². The summed E-state index contributed by atoms with van der Waals surface area (Å²) in [5, 5.41) is 12.2. The molecule has 0 spiro atoms. The van der Waals surface area contributed by atoms with Crippen LogP contribution in [0, 0.1) is 0 Å². The van der Waals surface area contributed by atoms with Gasteiger partial charge in [0.15, 0.2) is 0 Å². The fourth-order valence-corrected chi connectivity index (χ4v) is 8.49. The van der Waals surface area contributed by atoms with Crippen molar-refractivity contribution in [3.8, 4) is 0 Å². The van der Waals surface area contributed by atoms with Crippen molar-refractivity contribution in [1.29, 1.82) is 0 Å². The van der Waals surface area contributed by atoms with Crippen LogP contribution in [0.25, 0.3) is 0 Å². The molecule has 140 valence electrons. The van der Waals surface area contributed by atoms with Crippen molar-refractivity contribution in [3.63, 3.8) is 0 Å². The molecule has 0 bridgehead atoms. The third kappa shape index (κ3) is 3.94. The minimum atomic E-state index is -2.49. The molecule has 26 heavy (non-hydrogen) atoms. The Morgan fingerprint density at radius 2 is 1.50 bits per heavy atom. The largest absolute Gasteiger partial charge is 0.405 e. The van der Waals surface area contributed by atoms with Gasteiger partial charge in [0.25, 0.3) is 8.32 Å². The van der Waals surface area contributed by atoms with Crippen LogP contribution in [0.5, 0.6) is 0 Å². The van der Waals surface area contributed by atoms with Crippen molar-refractivity contribution in [2.45, 2.75) is 50.9 Å². The molecule has 1 N–H and O–H groups in total. The zero-order valence-corrected chi connectivity index (χ0v) is 17.0. The number of hydrogen-bond acceptors (Lipinski definition) is 3. The van der Waals surface area contributed by atoms with E-state index >= 15 is 0 Å². The van der Waals surface area contributed by atoms with E-state index in [1.54, 1.807) is 0 Å². The van der Waals surface area contributed by atoms with E-state index in [1.807, 2.05) is 0 Å². The van der Waals surface area contributed by atoms with Crippen molar-refractivity contribution in [2.24, 2.45) is 0 Å². The van der Waals surface area contributed by atoms with Gasteiger partial charge in [0, 0.05) is 0 Å². The van der Waals surface area contributed by atoms with Gasteiger partial charge in [0.1, 0.15) is 0 Å². The third-order valence-electron chi connectivity index (χ3n) is 5.25. The van der Waals surface area contributed by atoms with E-state index in [4.69, 9.17) is 9.16 Å². The van der Waals surface area contributed by atoms with E-state index in [2.05, 4.69) is 81.4 Å². The lowest BCUT2D eigenvalue weighted by molar-refractivity contribution is -0.0709. The second kappa shape index (κ2) is 8.05. The van der Waals surface area contributed by atoms with Gasteiger partial charge in [0.2, 0.25) is 0 Å². The first kappa shape index (κ1) is 19.3. The molecule has 3 rings (SSSR count). The van der Waals surface area contributed by atoms with Crippen LogP contribution in [0.4, 0.5) is 0 Å². The van der Waals surface area contributed by atoms with Crippen LogP contribution in [0.2, 0.25) is 5.04 Å². The lowest BCUT2D eigenvalue weighted by Crippen LogP contribution is -2.67. The average molecular weight is 371 g/mol. The Hall–Kier alpha value is -1.46. The molecule has 4 heteroatoms. The third-order valence-corrected chi connectivity index (χ3v) is 10.3. The van der Waals surface area contributed by atoms with Crippen molar-refractivity contribution >= 4 is 18.7 Å². The molecule has 2 aromatic rings. The van der Waals surface area contributed by atoms with Crippen molar-refractivity contribution in [1.82, 2.24) is 0 Å². The highest BCUT2D eigenvalue weighted by molar-refractivity contribution is 6.99. The molecule has 3 nitrogen and oxygen atoms in total. The first-order chi connectivity index (χ1) is 12.4. The van der Waals surface area contributed by atoms with Gasteiger partial charge in [-0.25, -0.2) is 0 Å². The Morgan fingerprint density at radius 1 is 0.962 bits per heavy atom. The summed E-state index contributed by atoms with van der Waals surface area (Å²) >= 11 is 0. The Bertz CT molecular complexity index is 634. The first-order valence-corrected chi connectivity index (χ1v) is 11.4. The number of benzene rings is 2. The summed E-state index contributed by atoms with van der Waals surface area (Å²) in [5.74, 6) is 0.